The number of anilines is 1. The lowest BCUT2D eigenvalue weighted by atomic mass is 10.1. The highest BCUT2D eigenvalue weighted by atomic mass is 19.1. The zero-order valence-corrected chi connectivity index (χ0v) is 18.2. The van der Waals surface area contributed by atoms with Gasteiger partial charge in [0, 0.05) is 29.9 Å². The largest absolute Gasteiger partial charge is 0.443 e. The first-order valence-corrected chi connectivity index (χ1v) is 10.6. The van der Waals surface area contributed by atoms with Crippen molar-refractivity contribution >= 4 is 5.82 Å². The number of nitrogens with two attached hydrogens (primary N) is 1. The maximum absolute atomic E-state index is 14.0. The van der Waals surface area contributed by atoms with E-state index in [0.717, 1.165) is 12.1 Å². The molecule has 5 rings (SSSR count). The lowest BCUT2D eigenvalue weighted by Gasteiger charge is -2.28. The summed E-state index contributed by atoms with van der Waals surface area (Å²) in [7, 11) is 0. The van der Waals surface area contributed by atoms with Gasteiger partial charge in [0.25, 0.3) is 5.56 Å². The van der Waals surface area contributed by atoms with Crippen LogP contribution in [0.2, 0.25) is 0 Å². The van der Waals surface area contributed by atoms with Crippen molar-refractivity contribution in [2.45, 2.75) is 18.8 Å². The van der Waals surface area contributed by atoms with Crippen LogP contribution in [0.25, 0.3) is 22.8 Å². The molecule has 35 heavy (non-hydrogen) atoms. The van der Waals surface area contributed by atoms with Crippen LogP contribution in [0.1, 0.15) is 23.5 Å². The molecule has 0 aliphatic carbocycles. The molecule has 0 amide bonds. The number of benzene rings is 1. The Labute approximate surface area is 197 Å². The van der Waals surface area contributed by atoms with Crippen LogP contribution in [0.4, 0.5) is 14.6 Å². The van der Waals surface area contributed by atoms with Crippen LogP contribution in [-0.2, 0) is 11.3 Å². The number of pyridine rings is 1. The van der Waals surface area contributed by atoms with Gasteiger partial charge in [0.15, 0.2) is 11.9 Å². The maximum atomic E-state index is 14.0. The molecule has 1 aliphatic heterocycles. The van der Waals surface area contributed by atoms with Crippen molar-refractivity contribution in [3.05, 3.63) is 82.2 Å². The second kappa shape index (κ2) is 9.33. The number of hydrogen-bond acceptors (Lipinski definition) is 9. The monoisotopic (exact) mass is 482 g/mol. The summed E-state index contributed by atoms with van der Waals surface area (Å²) in [6.45, 7) is 0.484. The van der Waals surface area contributed by atoms with Crippen LogP contribution < -0.4 is 16.6 Å². The molecule has 0 bridgehead atoms. The SMILES string of the molecule is Nc1nc(-c2ncco2)c(-c2ccc(=O)n(C3COC3)c2)nc1C(O)NCc1c(F)cccc1F. The van der Waals surface area contributed by atoms with Crippen LogP contribution >= 0.6 is 0 Å². The minimum Gasteiger partial charge on any atom is -0.443 e. The first kappa shape index (κ1) is 22.8. The maximum Gasteiger partial charge on any atom is 0.250 e. The van der Waals surface area contributed by atoms with Crippen LogP contribution in [0.5, 0.6) is 0 Å². The normalized spacial score (nSPS) is 14.6. The highest BCUT2D eigenvalue weighted by Gasteiger charge is 2.25. The molecule has 1 saturated heterocycles. The van der Waals surface area contributed by atoms with E-state index in [4.69, 9.17) is 14.9 Å². The Morgan fingerprint density at radius 3 is 2.60 bits per heavy atom. The van der Waals surface area contributed by atoms with Gasteiger partial charge in [-0.05, 0) is 18.2 Å². The fourth-order valence-electron chi connectivity index (χ4n) is 3.66. The average Bonchev–Trinajstić information content (AvgIpc) is 3.34. The molecule has 3 aromatic heterocycles. The van der Waals surface area contributed by atoms with Crippen molar-refractivity contribution in [1.82, 2.24) is 24.8 Å². The van der Waals surface area contributed by atoms with Crippen molar-refractivity contribution in [2.75, 3.05) is 18.9 Å². The Bertz CT molecular complexity index is 1400. The number of nitrogens with zero attached hydrogens (tertiary/aromatic N) is 4. The number of rotatable bonds is 7. The molecule has 12 heteroatoms. The van der Waals surface area contributed by atoms with E-state index >= 15 is 0 Å². The van der Waals surface area contributed by atoms with Gasteiger partial charge in [-0.25, -0.2) is 23.7 Å². The van der Waals surface area contributed by atoms with Gasteiger partial charge in [-0.1, -0.05) is 6.07 Å². The third-order valence-corrected chi connectivity index (χ3v) is 5.60. The summed E-state index contributed by atoms with van der Waals surface area (Å²) in [6, 6.07) is 6.31. The third kappa shape index (κ3) is 4.41. The molecule has 4 N–H and O–H groups in total. The minimum atomic E-state index is -1.51. The van der Waals surface area contributed by atoms with E-state index in [2.05, 4.69) is 20.3 Å². The number of halogens is 2. The molecule has 1 fully saturated rings. The third-order valence-electron chi connectivity index (χ3n) is 5.60. The van der Waals surface area contributed by atoms with E-state index in [1.165, 1.54) is 29.2 Å². The second-order valence-electron chi connectivity index (χ2n) is 7.87. The van der Waals surface area contributed by atoms with E-state index in [0.29, 0.717) is 18.8 Å². The van der Waals surface area contributed by atoms with Crippen molar-refractivity contribution in [3.8, 4) is 22.8 Å². The Kier molecular flexibility index (Phi) is 6.07. The van der Waals surface area contributed by atoms with Crippen LogP contribution in [0, 0.1) is 11.6 Å². The van der Waals surface area contributed by atoms with Gasteiger partial charge in [-0.15, -0.1) is 0 Å². The Morgan fingerprint density at radius 2 is 1.94 bits per heavy atom. The summed E-state index contributed by atoms with van der Waals surface area (Å²) in [6.07, 6.45) is 2.89. The van der Waals surface area contributed by atoms with E-state index in [1.54, 1.807) is 12.3 Å². The number of hydrogen-bond donors (Lipinski definition) is 3. The fraction of sp³-hybridized carbons (Fsp3) is 0.217. The number of aromatic nitrogens is 4. The number of nitrogen functional groups attached to an aromatic ring is 1. The van der Waals surface area contributed by atoms with Gasteiger partial charge in [0.1, 0.15) is 35.1 Å². The predicted octanol–water partition coefficient (Wildman–Crippen LogP) is 2.17. The van der Waals surface area contributed by atoms with E-state index < -0.39 is 17.9 Å². The first-order chi connectivity index (χ1) is 16.9. The lowest BCUT2D eigenvalue weighted by Crippen LogP contribution is -2.36. The zero-order chi connectivity index (χ0) is 24.5. The number of ether oxygens (including phenoxy) is 1. The fourth-order valence-corrected chi connectivity index (χ4v) is 3.66. The summed E-state index contributed by atoms with van der Waals surface area (Å²) in [5, 5.41) is 13.3. The number of aliphatic hydroxyl groups is 1. The Balaban J connectivity index is 1.54. The smallest absolute Gasteiger partial charge is 0.250 e. The van der Waals surface area contributed by atoms with Crippen molar-refractivity contribution < 1.29 is 23.0 Å². The highest BCUT2D eigenvalue weighted by Crippen LogP contribution is 2.31. The zero-order valence-electron chi connectivity index (χ0n) is 18.2. The van der Waals surface area contributed by atoms with Crippen molar-refractivity contribution in [3.63, 3.8) is 0 Å². The van der Waals surface area contributed by atoms with Crippen LogP contribution in [0.15, 0.2) is 58.2 Å². The molecule has 4 aromatic rings. The van der Waals surface area contributed by atoms with Crippen LogP contribution in [-0.4, -0.2) is 37.8 Å². The number of aliphatic hydroxyl groups excluding tert-OH is 1. The summed E-state index contributed by atoms with van der Waals surface area (Å²) in [5.74, 6) is -1.53. The quantitative estimate of drug-likeness (QED) is 0.338. The van der Waals surface area contributed by atoms with Gasteiger partial charge in [-0.2, -0.15) is 0 Å². The Hall–Kier alpha value is -4.00. The molecule has 4 heterocycles. The molecule has 1 unspecified atom stereocenters. The minimum absolute atomic E-state index is 0.0724. The first-order valence-electron chi connectivity index (χ1n) is 10.6. The van der Waals surface area contributed by atoms with Crippen molar-refractivity contribution in [1.29, 1.82) is 0 Å². The summed E-state index contributed by atoms with van der Waals surface area (Å²) in [4.78, 5) is 25.3. The van der Waals surface area contributed by atoms with Gasteiger partial charge < -0.3 is 24.6 Å². The van der Waals surface area contributed by atoms with Crippen LogP contribution in [0.3, 0.4) is 0 Å². The highest BCUT2D eigenvalue weighted by molar-refractivity contribution is 5.75. The summed E-state index contributed by atoms with van der Waals surface area (Å²) >= 11 is 0. The molecule has 10 nitrogen and oxygen atoms in total. The van der Waals surface area contributed by atoms with Gasteiger partial charge in [-0.3, -0.25) is 10.1 Å². The number of oxazole rings is 1. The topological polar surface area (TPSA) is 141 Å². The van der Waals surface area contributed by atoms with E-state index in [1.807, 2.05) is 0 Å². The molecule has 0 spiro atoms. The standard InChI is InChI=1S/C23H20F2N6O4/c24-15-2-1-3-16(25)14(15)8-28-22(33)20-21(26)30-19(23-27-6-7-35-23)18(29-20)12-4-5-17(32)31(9-12)13-10-34-11-13/h1-7,9,13,22,28,33H,8,10-11H2,(H2,26,30). The number of nitrogens with one attached hydrogen (secondary N) is 1. The van der Waals surface area contributed by atoms with Gasteiger partial charge in [0.2, 0.25) is 5.89 Å². The lowest BCUT2D eigenvalue weighted by molar-refractivity contribution is -0.0247. The van der Waals surface area contributed by atoms with E-state index in [-0.39, 0.29) is 52.5 Å². The predicted molar refractivity (Wildman–Crippen MR) is 120 cm³/mol. The molecule has 180 valence electrons. The molecule has 1 atom stereocenters. The summed E-state index contributed by atoms with van der Waals surface area (Å²) < 4.78 is 40.1. The molecule has 1 aliphatic rings. The molecule has 0 radical (unpaired) electrons. The summed E-state index contributed by atoms with van der Waals surface area (Å²) in [5.41, 5.74) is 6.47. The molecule has 0 saturated carbocycles. The van der Waals surface area contributed by atoms with Gasteiger partial charge >= 0.3 is 0 Å². The van der Waals surface area contributed by atoms with Gasteiger partial charge in [0.05, 0.1) is 25.5 Å². The van der Waals surface area contributed by atoms with E-state index in [9.17, 15) is 18.7 Å². The molecule has 1 aromatic carbocycles. The average molecular weight is 482 g/mol. The molecular formula is C23H20F2N6O4. The second-order valence-corrected chi connectivity index (χ2v) is 7.87. The molecular weight excluding hydrogens is 462 g/mol. The Morgan fingerprint density at radius 1 is 1.17 bits per heavy atom. The van der Waals surface area contributed by atoms with Crippen molar-refractivity contribution in [2.24, 2.45) is 0 Å².